The maximum Gasteiger partial charge on any atom is 0.261 e. The van der Waals surface area contributed by atoms with Gasteiger partial charge in [0.15, 0.2) is 0 Å². The van der Waals surface area contributed by atoms with Crippen molar-refractivity contribution in [3.8, 4) is 5.88 Å². The Morgan fingerprint density at radius 2 is 2.00 bits per heavy atom. The number of nitrogens with zero attached hydrogens (tertiary/aromatic N) is 3. The molecule has 0 spiro atoms. The third kappa shape index (κ3) is 3.56. The molecule has 3 heterocycles. The zero-order valence-electron chi connectivity index (χ0n) is 17.2. The molecule has 31 heavy (non-hydrogen) atoms. The smallest absolute Gasteiger partial charge is 0.261 e. The molecular formula is C24H23N3O4. The lowest BCUT2D eigenvalue weighted by Gasteiger charge is -2.29. The molecule has 158 valence electrons. The van der Waals surface area contributed by atoms with Crippen LogP contribution in [-0.2, 0) is 11.2 Å². The number of benzene rings is 2. The molecule has 2 atom stereocenters. The average molecular weight is 417 g/mol. The van der Waals surface area contributed by atoms with Crippen molar-refractivity contribution in [3.05, 3.63) is 76.5 Å². The second kappa shape index (κ2) is 8.09. The van der Waals surface area contributed by atoms with E-state index in [9.17, 15) is 9.90 Å². The highest BCUT2D eigenvalue weighted by Gasteiger charge is 2.27. The van der Waals surface area contributed by atoms with Gasteiger partial charge in [-0.15, -0.1) is 0 Å². The van der Waals surface area contributed by atoms with Crippen molar-refractivity contribution in [3.63, 3.8) is 0 Å². The van der Waals surface area contributed by atoms with E-state index in [4.69, 9.17) is 9.47 Å². The topological polar surface area (TPSA) is 86.5 Å². The van der Waals surface area contributed by atoms with Crippen LogP contribution in [0.2, 0.25) is 0 Å². The Balaban J connectivity index is 1.69. The first-order chi connectivity index (χ1) is 15.2. The van der Waals surface area contributed by atoms with E-state index >= 15 is 0 Å². The van der Waals surface area contributed by atoms with Crippen LogP contribution in [0, 0.1) is 0 Å². The minimum Gasteiger partial charge on any atom is -0.481 e. The molecular weight excluding hydrogens is 394 g/mol. The van der Waals surface area contributed by atoms with Crippen LogP contribution in [-0.4, -0.2) is 46.1 Å². The van der Waals surface area contributed by atoms with E-state index in [-0.39, 0.29) is 18.2 Å². The fourth-order valence-electron chi connectivity index (χ4n) is 4.36. The number of hydrogen-bond donors (Lipinski definition) is 1. The van der Waals surface area contributed by atoms with Gasteiger partial charge in [-0.05, 0) is 41.5 Å². The molecule has 2 aromatic carbocycles. The third-order valence-electron chi connectivity index (χ3n) is 5.93. The Labute approximate surface area is 178 Å². The molecule has 1 fully saturated rings. The van der Waals surface area contributed by atoms with Crippen LogP contribution in [0.25, 0.3) is 21.7 Å². The number of aromatic nitrogens is 3. The minimum atomic E-state index is -0.727. The number of hydrogen-bond acceptors (Lipinski definition) is 6. The van der Waals surface area contributed by atoms with Gasteiger partial charge in [-0.2, -0.15) is 0 Å². The molecule has 7 nitrogen and oxygen atoms in total. The molecule has 0 unspecified atom stereocenters. The van der Waals surface area contributed by atoms with Crippen LogP contribution in [0.4, 0.5) is 0 Å². The van der Waals surface area contributed by atoms with E-state index in [2.05, 4.69) is 16.0 Å². The van der Waals surface area contributed by atoms with Crippen molar-refractivity contribution in [2.45, 2.75) is 25.0 Å². The van der Waals surface area contributed by atoms with Gasteiger partial charge in [0.05, 0.1) is 43.1 Å². The predicted octanol–water partition coefficient (Wildman–Crippen LogP) is 2.87. The molecule has 0 amide bonds. The summed E-state index contributed by atoms with van der Waals surface area (Å²) in [5.74, 6) is 0.556. The fraction of sp³-hybridized carbons (Fsp3) is 0.292. The molecule has 7 heteroatoms. The Hall–Kier alpha value is -3.29. The Morgan fingerprint density at radius 1 is 1.16 bits per heavy atom. The number of fused-ring (bicyclic) bond motifs is 3. The first kappa shape index (κ1) is 19.7. The lowest BCUT2D eigenvalue weighted by Crippen LogP contribution is -2.39. The SMILES string of the molecule is COc1cc(Cc2cc3c(=O)n([C@H]4CCOC[C@@H]4O)cnc3c3ccccc23)ccn1. The highest BCUT2D eigenvalue weighted by atomic mass is 16.5. The number of aliphatic hydroxyl groups is 1. The highest BCUT2D eigenvalue weighted by Crippen LogP contribution is 2.29. The van der Waals surface area contributed by atoms with E-state index in [1.165, 1.54) is 0 Å². The van der Waals surface area contributed by atoms with Gasteiger partial charge < -0.3 is 14.6 Å². The molecule has 4 aromatic rings. The zero-order chi connectivity index (χ0) is 21.4. The average Bonchev–Trinajstić information content (AvgIpc) is 2.81. The minimum absolute atomic E-state index is 0.143. The van der Waals surface area contributed by atoms with Gasteiger partial charge in [-0.3, -0.25) is 9.36 Å². The summed E-state index contributed by atoms with van der Waals surface area (Å²) in [5, 5.41) is 12.9. The van der Waals surface area contributed by atoms with Gasteiger partial charge in [0.2, 0.25) is 5.88 Å². The van der Waals surface area contributed by atoms with Crippen molar-refractivity contribution in [2.75, 3.05) is 20.3 Å². The number of aliphatic hydroxyl groups excluding tert-OH is 1. The molecule has 2 aromatic heterocycles. The lowest BCUT2D eigenvalue weighted by molar-refractivity contribution is -0.0395. The van der Waals surface area contributed by atoms with Crippen LogP contribution >= 0.6 is 0 Å². The Bertz CT molecular complexity index is 1320. The summed E-state index contributed by atoms with van der Waals surface area (Å²) < 4.78 is 12.1. The van der Waals surface area contributed by atoms with Crippen LogP contribution in [0.3, 0.4) is 0 Å². The highest BCUT2D eigenvalue weighted by molar-refractivity contribution is 6.06. The Morgan fingerprint density at radius 3 is 2.81 bits per heavy atom. The first-order valence-corrected chi connectivity index (χ1v) is 10.3. The van der Waals surface area contributed by atoms with Gasteiger partial charge in [-0.1, -0.05) is 24.3 Å². The number of pyridine rings is 1. The van der Waals surface area contributed by atoms with Crippen LogP contribution in [0.15, 0.2) is 59.8 Å². The van der Waals surface area contributed by atoms with E-state index in [1.807, 2.05) is 36.4 Å². The quantitative estimate of drug-likeness (QED) is 0.514. The molecule has 0 bridgehead atoms. The van der Waals surface area contributed by atoms with E-state index in [0.29, 0.717) is 36.2 Å². The van der Waals surface area contributed by atoms with E-state index < -0.39 is 6.10 Å². The molecule has 1 aliphatic heterocycles. The van der Waals surface area contributed by atoms with Gasteiger partial charge in [0.1, 0.15) is 0 Å². The molecule has 1 N–H and O–H groups in total. The molecule has 5 rings (SSSR count). The summed E-state index contributed by atoms with van der Waals surface area (Å²) in [5.41, 5.74) is 2.60. The first-order valence-electron chi connectivity index (χ1n) is 10.3. The molecule has 0 saturated carbocycles. The summed E-state index contributed by atoms with van der Waals surface area (Å²) in [7, 11) is 1.59. The zero-order valence-corrected chi connectivity index (χ0v) is 17.2. The summed E-state index contributed by atoms with van der Waals surface area (Å²) in [6.07, 6.45) is 3.76. The molecule has 0 radical (unpaired) electrons. The van der Waals surface area contributed by atoms with Crippen molar-refractivity contribution in [1.29, 1.82) is 0 Å². The fourth-order valence-corrected chi connectivity index (χ4v) is 4.36. The van der Waals surface area contributed by atoms with Gasteiger partial charge in [0, 0.05) is 24.3 Å². The van der Waals surface area contributed by atoms with Gasteiger partial charge in [-0.25, -0.2) is 9.97 Å². The predicted molar refractivity (Wildman–Crippen MR) is 118 cm³/mol. The molecule has 0 aliphatic carbocycles. The third-order valence-corrected chi connectivity index (χ3v) is 5.93. The number of ether oxygens (including phenoxy) is 2. The van der Waals surface area contributed by atoms with Crippen LogP contribution in [0.5, 0.6) is 5.88 Å². The normalized spacial score (nSPS) is 19.0. The molecule has 1 saturated heterocycles. The molecule has 1 aliphatic rings. The summed E-state index contributed by atoms with van der Waals surface area (Å²) in [4.78, 5) is 22.3. The van der Waals surface area contributed by atoms with Gasteiger partial charge in [0.25, 0.3) is 5.56 Å². The second-order valence-electron chi connectivity index (χ2n) is 7.82. The summed E-state index contributed by atoms with van der Waals surface area (Å²) in [6.45, 7) is 0.737. The van der Waals surface area contributed by atoms with E-state index in [1.54, 1.807) is 24.2 Å². The Kier molecular flexibility index (Phi) is 5.13. The van der Waals surface area contributed by atoms with E-state index in [0.717, 1.165) is 21.9 Å². The number of rotatable bonds is 4. The maximum absolute atomic E-state index is 13.5. The standard InChI is InChI=1S/C24H23N3O4/c1-30-22-11-15(6-8-25-22)10-16-12-19-23(18-5-3-2-4-17(16)18)26-14-27(24(19)29)20-7-9-31-13-21(20)28/h2-6,8,11-12,14,20-21,28H,7,9-10,13H2,1H3/t20-,21-/m0/s1. The lowest BCUT2D eigenvalue weighted by atomic mass is 9.96. The summed E-state index contributed by atoms with van der Waals surface area (Å²) in [6, 6.07) is 13.4. The van der Waals surface area contributed by atoms with Crippen LogP contribution < -0.4 is 10.3 Å². The van der Waals surface area contributed by atoms with Crippen molar-refractivity contribution in [2.24, 2.45) is 0 Å². The van der Waals surface area contributed by atoms with Gasteiger partial charge >= 0.3 is 0 Å². The maximum atomic E-state index is 13.5. The number of methoxy groups -OCH3 is 1. The van der Waals surface area contributed by atoms with Crippen LogP contribution in [0.1, 0.15) is 23.6 Å². The second-order valence-corrected chi connectivity index (χ2v) is 7.82. The van der Waals surface area contributed by atoms with Crippen molar-refractivity contribution < 1.29 is 14.6 Å². The summed E-state index contributed by atoms with van der Waals surface area (Å²) >= 11 is 0. The largest absolute Gasteiger partial charge is 0.481 e. The van der Waals surface area contributed by atoms with Crippen molar-refractivity contribution in [1.82, 2.24) is 14.5 Å². The monoisotopic (exact) mass is 417 g/mol. The van der Waals surface area contributed by atoms with Crippen molar-refractivity contribution >= 4 is 21.7 Å².